The van der Waals surface area contributed by atoms with Crippen LogP contribution in [0.2, 0.25) is 0 Å². The van der Waals surface area contributed by atoms with Crippen molar-refractivity contribution in [1.82, 2.24) is 0 Å². The van der Waals surface area contributed by atoms with Crippen molar-refractivity contribution in [2.45, 2.75) is 30.2 Å². The van der Waals surface area contributed by atoms with E-state index in [4.69, 9.17) is 10.8 Å². The molecule has 0 aliphatic heterocycles. The van der Waals surface area contributed by atoms with Crippen molar-refractivity contribution in [3.63, 3.8) is 0 Å². The summed E-state index contributed by atoms with van der Waals surface area (Å²) < 4.78 is 26.1. The minimum Gasteiger partial charge on any atom is -0.394 e. The van der Waals surface area contributed by atoms with Crippen LogP contribution in [-0.4, -0.2) is 23.0 Å². The fraction of sp³-hybridized carbons (Fsp3) is 0.500. The number of benzene rings is 1. The molecule has 0 bridgehead atoms. The SMILES string of the molecule is CC(N)(CO)CCCSc1cc(F)ccc1F. The van der Waals surface area contributed by atoms with E-state index in [0.717, 1.165) is 18.6 Å². The second kappa shape index (κ2) is 6.33. The van der Waals surface area contributed by atoms with Crippen LogP contribution in [0.1, 0.15) is 19.8 Å². The van der Waals surface area contributed by atoms with Crippen LogP contribution in [0.4, 0.5) is 8.78 Å². The topological polar surface area (TPSA) is 46.2 Å². The first-order chi connectivity index (χ1) is 7.94. The third kappa shape index (κ3) is 5.02. The summed E-state index contributed by atoms with van der Waals surface area (Å²) >= 11 is 1.26. The molecule has 0 aliphatic carbocycles. The summed E-state index contributed by atoms with van der Waals surface area (Å²) in [5, 5.41) is 8.95. The number of hydrogen-bond donors (Lipinski definition) is 2. The predicted octanol–water partition coefficient (Wildman–Crippen LogP) is 2.55. The van der Waals surface area contributed by atoms with Gasteiger partial charge in [-0.25, -0.2) is 8.78 Å². The quantitative estimate of drug-likeness (QED) is 0.611. The van der Waals surface area contributed by atoms with Gasteiger partial charge >= 0.3 is 0 Å². The lowest BCUT2D eigenvalue weighted by molar-refractivity contribution is 0.200. The lowest BCUT2D eigenvalue weighted by Crippen LogP contribution is -2.40. The highest BCUT2D eigenvalue weighted by atomic mass is 32.2. The molecule has 0 spiro atoms. The molecule has 0 aliphatic rings. The van der Waals surface area contributed by atoms with Gasteiger partial charge in [-0.05, 0) is 43.7 Å². The summed E-state index contributed by atoms with van der Waals surface area (Å²) in [4.78, 5) is 0.313. The Kier molecular flexibility index (Phi) is 5.36. The number of rotatable bonds is 6. The van der Waals surface area contributed by atoms with Crippen molar-refractivity contribution in [3.8, 4) is 0 Å². The number of nitrogens with two attached hydrogens (primary N) is 1. The minimum atomic E-state index is -0.596. The Morgan fingerprint density at radius 2 is 2.12 bits per heavy atom. The molecule has 0 aromatic heterocycles. The van der Waals surface area contributed by atoms with E-state index >= 15 is 0 Å². The Morgan fingerprint density at radius 1 is 1.41 bits per heavy atom. The molecule has 96 valence electrons. The van der Waals surface area contributed by atoms with Gasteiger partial charge in [0.05, 0.1) is 6.61 Å². The lowest BCUT2D eigenvalue weighted by atomic mass is 9.99. The molecule has 0 saturated carbocycles. The maximum absolute atomic E-state index is 13.2. The standard InChI is InChI=1S/C12H17F2NOS/c1-12(15,8-16)5-2-6-17-11-7-9(13)3-4-10(11)14/h3-4,7,16H,2,5-6,8,15H2,1H3. The van der Waals surface area contributed by atoms with E-state index in [1.807, 2.05) is 0 Å². The van der Waals surface area contributed by atoms with Crippen molar-refractivity contribution in [2.24, 2.45) is 5.73 Å². The highest BCUT2D eigenvalue weighted by Crippen LogP contribution is 2.24. The third-order valence-electron chi connectivity index (χ3n) is 2.40. The number of halogens is 2. The smallest absolute Gasteiger partial charge is 0.136 e. The van der Waals surface area contributed by atoms with Crippen LogP contribution >= 0.6 is 11.8 Å². The Morgan fingerprint density at radius 3 is 2.76 bits per heavy atom. The summed E-state index contributed by atoms with van der Waals surface area (Å²) in [6.07, 6.45) is 1.39. The van der Waals surface area contributed by atoms with Crippen LogP contribution in [0, 0.1) is 11.6 Å². The maximum atomic E-state index is 13.2. The zero-order valence-electron chi connectivity index (χ0n) is 9.75. The number of aliphatic hydroxyl groups is 1. The van der Waals surface area contributed by atoms with Crippen LogP contribution in [-0.2, 0) is 0 Å². The second-order valence-corrected chi connectivity index (χ2v) is 5.48. The average molecular weight is 261 g/mol. The molecule has 0 amide bonds. The number of hydrogen-bond acceptors (Lipinski definition) is 3. The molecule has 1 unspecified atom stereocenters. The van der Waals surface area contributed by atoms with E-state index in [9.17, 15) is 8.78 Å². The fourth-order valence-electron chi connectivity index (χ4n) is 1.32. The minimum absolute atomic E-state index is 0.0774. The molecule has 1 atom stereocenters. The molecule has 0 fully saturated rings. The third-order valence-corrected chi connectivity index (χ3v) is 3.52. The molecular weight excluding hydrogens is 244 g/mol. The van der Waals surface area contributed by atoms with Crippen molar-refractivity contribution >= 4 is 11.8 Å². The van der Waals surface area contributed by atoms with E-state index in [-0.39, 0.29) is 6.61 Å². The van der Waals surface area contributed by atoms with Gasteiger partial charge in [0.2, 0.25) is 0 Å². The Bertz CT molecular complexity index is 372. The Balaban J connectivity index is 2.38. The van der Waals surface area contributed by atoms with E-state index in [2.05, 4.69) is 0 Å². The van der Waals surface area contributed by atoms with Gasteiger partial charge < -0.3 is 10.8 Å². The monoisotopic (exact) mass is 261 g/mol. The molecule has 1 aromatic carbocycles. The summed E-state index contributed by atoms with van der Waals surface area (Å²) in [5.74, 6) is -0.199. The van der Waals surface area contributed by atoms with Gasteiger partial charge in [0, 0.05) is 10.4 Å². The van der Waals surface area contributed by atoms with Gasteiger partial charge in [-0.1, -0.05) is 0 Å². The molecule has 3 N–H and O–H groups in total. The lowest BCUT2D eigenvalue weighted by Gasteiger charge is -2.21. The summed E-state index contributed by atoms with van der Waals surface area (Å²) in [7, 11) is 0. The van der Waals surface area contributed by atoms with Crippen molar-refractivity contribution in [3.05, 3.63) is 29.8 Å². The highest BCUT2D eigenvalue weighted by molar-refractivity contribution is 7.99. The van der Waals surface area contributed by atoms with Gasteiger partial charge in [0.15, 0.2) is 0 Å². The van der Waals surface area contributed by atoms with E-state index < -0.39 is 17.2 Å². The summed E-state index contributed by atoms with van der Waals surface area (Å²) in [5.41, 5.74) is 5.16. The van der Waals surface area contributed by atoms with Gasteiger partial charge in [-0.3, -0.25) is 0 Å². The van der Waals surface area contributed by atoms with Crippen LogP contribution < -0.4 is 5.73 Å². The van der Waals surface area contributed by atoms with E-state index in [1.54, 1.807) is 6.92 Å². The molecule has 1 aromatic rings. The fourth-order valence-corrected chi connectivity index (χ4v) is 2.24. The molecule has 17 heavy (non-hydrogen) atoms. The predicted molar refractivity (Wildman–Crippen MR) is 66.0 cm³/mol. The number of thioether (sulfide) groups is 1. The highest BCUT2D eigenvalue weighted by Gasteiger charge is 2.16. The second-order valence-electron chi connectivity index (χ2n) is 4.34. The van der Waals surface area contributed by atoms with Gasteiger partial charge in [0.25, 0.3) is 0 Å². The van der Waals surface area contributed by atoms with Crippen molar-refractivity contribution < 1.29 is 13.9 Å². The summed E-state index contributed by atoms with van der Waals surface area (Å²) in [6.45, 7) is 1.69. The first kappa shape index (κ1) is 14.4. The summed E-state index contributed by atoms with van der Waals surface area (Å²) in [6, 6.07) is 3.41. The molecule has 2 nitrogen and oxygen atoms in total. The molecule has 0 saturated heterocycles. The van der Waals surface area contributed by atoms with Gasteiger partial charge in [-0.2, -0.15) is 0 Å². The normalized spacial score (nSPS) is 14.6. The first-order valence-electron chi connectivity index (χ1n) is 5.42. The van der Waals surface area contributed by atoms with Gasteiger partial charge in [-0.15, -0.1) is 11.8 Å². The van der Waals surface area contributed by atoms with E-state index in [1.165, 1.54) is 17.8 Å². The maximum Gasteiger partial charge on any atom is 0.136 e. The largest absolute Gasteiger partial charge is 0.394 e. The molecular formula is C12H17F2NOS. The Hall–Kier alpha value is -0.650. The van der Waals surface area contributed by atoms with E-state index in [0.29, 0.717) is 17.1 Å². The molecule has 0 heterocycles. The van der Waals surface area contributed by atoms with Crippen molar-refractivity contribution in [2.75, 3.05) is 12.4 Å². The van der Waals surface area contributed by atoms with Crippen molar-refractivity contribution in [1.29, 1.82) is 0 Å². The molecule has 5 heteroatoms. The first-order valence-corrected chi connectivity index (χ1v) is 6.41. The zero-order valence-corrected chi connectivity index (χ0v) is 10.6. The van der Waals surface area contributed by atoms with Gasteiger partial charge in [0.1, 0.15) is 11.6 Å². The van der Waals surface area contributed by atoms with Crippen LogP contribution in [0.5, 0.6) is 0 Å². The number of aliphatic hydroxyl groups excluding tert-OH is 1. The molecule has 0 radical (unpaired) electrons. The zero-order chi connectivity index (χ0) is 12.9. The van der Waals surface area contributed by atoms with Crippen LogP contribution in [0.15, 0.2) is 23.1 Å². The van der Waals surface area contributed by atoms with Crippen LogP contribution in [0.25, 0.3) is 0 Å². The van der Waals surface area contributed by atoms with Crippen LogP contribution in [0.3, 0.4) is 0 Å². The average Bonchev–Trinajstić information content (AvgIpc) is 2.29. The molecule has 1 rings (SSSR count). The Labute approximate surface area is 104 Å².